The number of nitrogens with zero attached hydrogens (tertiary/aromatic N) is 1. The number of urea groups is 1. The van der Waals surface area contributed by atoms with Gasteiger partial charge in [-0.3, -0.25) is 4.79 Å². The van der Waals surface area contributed by atoms with E-state index in [0.717, 1.165) is 0 Å². The summed E-state index contributed by atoms with van der Waals surface area (Å²) in [5, 5.41) is 20.7. The van der Waals surface area contributed by atoms with Crippen LogP contribution in [0.2, 0.25) is 0 Å². The topological polar surface area (TPSA) is 99.1 Å². The molecular formula is C12H24N2O5. The Morgan fingerprint density at radius 3 is 2.58 bits per heavy atom. The zero-order chi connectivity index (χ0) is 14.8. The van der Waals surface area contributed by atoms with Crippen molar-refractivity contribution in [2.75, 3.05) is 27.3 Å². The summed E-state index contributed by atoms with van der Waals surface area (Å²) in [5.74, 6) is -0.835. The van der Waals surface area contributed by atoms with E-state index < -0.39 is 12.1 Å². The molecule has 2 atom stereocenters. The summed E-state index contributed by atoms with van der Waals surface area (Å²) in [6.45, 7) is 2.17. The highest BCUT2D eigenvalue weighted by Crippen LogP contribution is 2.01. The van der Waals surface area contributed by atoms with E-state index >= 15 is 0 Å². The van der Waals surface area contributed by atoms with E-state index in [-0.39, 0.29) is 31.6 Å². The van der Waals surface area contributed by atoms with Gasteiger partial charge in [0.1, 0.15) is 0 Å². The second-order valence-corrected chi connectivity index (χ2v) is 4.63. The Kier molecular flexibility index (Phi) is 8.90. The molecule has 0 aromatic heterocycles. The molecule has 3 N–H and O–H groups in total. The van der Waals surface area contributed by atoms with Crippen LogP contribution < -0.4 is 5.32 Å². The fourth-order valence-corrected chi connectivity index (χ4v) is 1.60. The number of carboxylic acid groups (broad SMARTS) is 1. The highest BCUT2D eigenvalue weighted by Gasteiger charge is 2.15. The smallest absolute Gasteiger partial charge is 0.317 e. The number of ether oxygens (including phenoxy) is 1. The molecule has 0 aliphatic heterocycles. The average Bonchev–Trinajstić information content (AvgIpc) is 2.28. The van der Waals surface area contributed by atoms with E-state index in [1.165, 1.54) is 12.0 Å². The average molecular weight is 276 g/mol. The molecule has 0 fully saturated rings. The molecule has 0 rings (SSSR count). The quantitative estimate of drug-likeness (QED) is 0.561. The normalized spacial score (nSPS) is 13.7. The second kappa shape index (κ2) is 9.57. The van der Waals surface area contributed by atoms with Crippen molar-refractivity contribution in [1.29, 1.82) is 0 Å². The van der Waals surface area contributed by atoms with Crippen LogP contribution in [0.25, 0.3) is 0 Å². The lowest BCUT2D eigenvalue weighted by atomic mass is 10.1. The van der Waals surface area contributed by atoms with Crippen molar-refractivity contribution in [3.63, 3.8) is 0 Å². The first-order valence-corrected chi connectivity index (χ1v) is 6.27. The molecule has 0 bridgehead atoms. The maximum atomic E-state index is 11.7. The van der Waals surface area contributed by atoms with E-state index in [9.17, 15) is 14.7 Å². The number of aliphatic hydroxyl groups excluding tert-OH is 1. The maximum absolute atomic E-state index is 11.7. The van der Waals surface area contributed by atoms with Crippen LogP contribution in [-0.4, -0.2) is 66.6 Å². The number of hydrogen-bond donors (Lipinski definition) is 3. The van der Waals surface area contributed by atoms with Crippen molar-refractivity contribution in [2.24, 2.45) is 0 Å². The van der Waals surface area contributed by atoms with Crippen molar-refractivity contribution in [1.82, 2.24) is 10.2 Å². The number of amides is 2. The molecule has 7 heteroatoms. The molecule has 0 spiro atoms. The molecule has 0 aromatic rings. The molecule has 0 saturated heterocycles. The van der Waals surface area contributed by atoms with Gasteiger partial charge in [0.2, 0.25) is 0 Å². The van der Waals surface area contributed by atoms with Gasteiger partial charge in [0, 0.05) is 26.6 Å². The van der Waals surface area contributed by atoms with Gasteiger partial charge in [0.05, 0.1) is 19.3 Å². The summed E-state index contributed by atoms with van der Waals surface area (Å²) in [7, 11) is 3.06. The number of nitrogens with one attached hydrogen (secondary N) is 1. The number of carbonyl (C=O) groups is 2. The summed E-state index contributed by atoms with van der Waals surface area (Å²) < 4.78 is 4.78. The van der Waals surface area contributed by atoms with Gasteiger partial charge < -0.3 is 25.2 Å². The molecule has 0 aromatic carbocycles. The fourth-order valence-electron chi connectivity index (χ4n) is 1.60. The molecule has 2 amide bonds. The number of aliphatic carboxylic acids is 1. The third-order valence-corrected chi connectivity index (χ3v) is 2.59. The van der Waals surface area contributed by atoms with E-state index in [1.807, 2.05) is 6.92 Å². The first kappa shape index (κ1) is 17.7. The molecule has 0 radical (unpaired) electrons. The summed E-state index contributed by atoms with van der Waals surface area (Å²) in [4.78, 5) is 23.5. The van der Waals surface area contributed by atoms with Crippen molar-refractivity contribution in [2.45, 2.75) is 38.3 Å². The molecule has 112 valence electrons. The van der Waals surface area contributed by atoms with E-state index in [0.29, 0.717) is 12.8 Å². The van der Waals surface area contributed by atoms with Gasteiger partial charge in [-0.05, 0) is 19.8 Å². The van der Waals surface area contributed by atoms with Gasteiger partial charge >= 0.3 is 12.0 Å². The Hall–Kier alpha value is -1.34. The molecule has 7 nitrogen and oxygen atoms in total. The maximum Gasteiger partial charge on any atom is 0.317 e. The van der Waals surface area contributed by atoms with Crippen LogP contribution in [0.3, 0.4) is 0 Å². The lowest BCUT2D eigenvalue weighted by Crippen LogP contribution is -2.45. The number of methoxy groups -OCH3 is 1. The summed E-state index contributed by atoms with van der Waals surface area (Å²) in [5.41, 5.74) is 0. The van der Waals surface area contributed by atoms with Crippen molar-refractivity contribution in [3.8, 4) is 0 Å². The molecule has 0 saturated carbocycles. The lowest BCUT2D eigenvalue weighted by molar-refractivity contribution is -0.137. The van der Waals surface area contributed by atoms with Gasteiger partial charge in [-0.2, -0.15) is 0 Å². The van der Waals surface area contributed by atoms with E-state index in [4.69, 9.17) is 9.84 Å². The van der Waals surface area contributed by atoms with Crippen molar-refractivity contribution < 1.29 is 24.5 Å². The van der Waals surface area contributed by atoms with Gasteiger partial charge in [0.25, 0.3) is 0 Å². The molecule has 2 unspecified atom stereocenters. The van der Waals surface area contributed by atoms with E-state index in [2.05, 4.69) is 5.32 Å². The Morgan fingerprint density at radius 1 is 1.42 bits per heavy atom. The lowest BCUT2D eigenvalue weighted by Gasteiger charge is -2.23. The third-order valence-electron chi connectivity index (χ3n) is 2.59. The van der Waals surface area contributed by atoms with Gasteiger partial charge in [-0.15, -0.1) is 0 Å². The Morgan fingerprint density at radius 2 is 2.05 bits per heavy atom. The van der Waals surface area contributed by atoms with Crippen LogP contribution in [0.4, 0.5) is 4.79 Å². The highest BCUT2D eigenvalue weighted by atomic mass is 16.5. The predicted octanol–water partition coefficient (Wildman–Crippen LogP) is 0.279. The second-order valence-electron chi connectivity index (χ2n) is 4.63. The monoisotopic (exact) mass is 276 g/mol. The first-order chi connectivity index (χ1) is 8.86. The number of likely N-dealkylation sites (N-methyl/N-ethyl adjacent to an activating group) is 1. The van der Waals surface area contributed by atoms with Crippen molar-refractivity contribution in [3.05, 3.63) is 0 Å². The minimum atomic E-state index is -0.835. The predicted molar refractivity (Wildman–Crippen MR) is 70.0 cm³/mol. The standard InChI is InChI=1S/C12H24N2O5/c1-9(5-4-6-11(16)17)13-12(18)14(2)7-10(15)8-19-3/h9-10,15H,4-8H2,1-3H3,(H,13,18)(H,16,17). The van der Waals surface area contributed by atoms with Crippen LogP contribution in [-0.2, 0) is 9.53 Å². The first-order valence-electron chi connectivity index (χ1n) is 6.27. The zero-order valence-corrected chi connectivity index (χ0v) is 11.8. The molecular weight excluding hydrogens is 252 g/mol. The van der Waals surface area contributed by atoms with E-state index in [1.54, 1.807) is 7.05 Å². The fraction of sp³-hybridized carbons (Fsp3) is 0.833. The highest BCUT2D eigenvalue weighted by molar-refractivity contribution is 5.74. The van der Waals surface area contributed by atoms with Crippen LogP contribution in [0.1, 0.15) is 26.2 Å². The Balaban J connectivity index is 3.90. The van der Waals surface area contributed by atoms with Gasteiger partial charge in [-0.25, -0.2) is 4.79 Å². The molecule has 0 aliphatic carbocycles. The Bertz CT molecular complexity index is 285. The SMILES string of the molecule is COCC(O)CN(C)C(=O)NC(C)CCCC(=O)O. The van der Waals surface area contributed by atoms with Gasteiger partial charge in [0.15, 0.2) is 0 Å². The number of carboxylic acids is 1. The van der Waals surface area contributed by atoms with Crippen LogP contribution in [0.15, 0.2) is 0 Å². The number of rotatable bonds is 9. The Labute approximate surface area is 113 Å². The molecule has 0 heterocycles. The van der Waals surface area contributed by atoms with Crippen LogP contribution in [0.5, 0.6) is 0 Å². The molecule has 0 aliphatic rings. The summed E-state index contributed by atoms with van der Waals surface area (Å²) >= 11 is 0. The summed E-state index contributed by atoms with van der Waals surface area (Å²) in [6, 6.07) is -0.396. The minimum Gasteiger partial charge on any atom is -0.481 e. The van der Waals surface area contributed by atoms with Crippen LogP contribution in [0, 0.1) is 0 Å². The minimum absolute atomic E-state index is 0.0998. The summed E-state index contributed by atoms with van der Waals surface area (Å²) in [6.07, 6.45) is 0.505. The molecule has 19 heavy (non-hydrogen) atoms. The number of aliphatic hydroxyl groups is 1. The largest absolute Gasteiger partial charge is 0.481 e. The zero-order valence-electron chi connectivity index (χ0n) is 11.8. The van der Waals surface area contributed by atoms with Gasteiger partial charge in [-0.1, -0.05) is 0 Å². The van der Waals surface area contributed by atoms with Crippen molar-refractivity contribution >= 4 is 12.0 Å². The van der Waals surface area contributed by atoms with Crippen LogP contribution >= 0.6 is 0 Å². The number of carbonyl (C=O) groups excluding carboxylic acids is 1. The third kappa shape index (κ3) is 9.26. The number of hydrogen-bond acceptors (Lipinski definition) is 4.